The molecule has 0 rings (SSSR count). The molecular weight excluding hydrogens is 132 g/mol. The summed E-state index contributed by atoms with van der Waals surface area (Å²) < 4.78 is 4.64. The third kappa shape index (κ3) is 5.28. The van der Waals surface area contributed by atoms with Gasteiger partial charge in [-0.25, -0.2) is 0 Å². The average molecular weight is 143 g/mol. The lowest BCUT2D eigenvalue weighted by Crippen LogP contribution is -2.09. The molecule has 10 heavy (non-hydrogen) atoms. The summed E-state index contributed by atoms with van der Waals surface area (Å²) in [5, 5.41) is 0. The molecule has 0 unspecified atom stereocenters. The molecule has 0 heterocycles. The Morgan fingerprint density at radius 3 is 2.60 bits per heavy atom. The lowest BCUT2D eigenvalue weighted by atomic mass is 10.2. The van der Waals surface area contributed by atoms with Gasteiger partial charge in [-0.2, -0.15) is 0 Å². The van der Waals surface area contributed by atoms with Gasteiger partial charge < -0.3 is 4.74 Å². The van der Waals surface area contributed by atoms with Crippen molar-refractivity contribution in [3.63, 3.8) is 0 Å². The van der Waals surface area contributed by atoms with E-state index in [2.05, 4.69) is 4.74 Å². The van der Waals surface area contributed by atoms with E-state index < -0.39 is 5.97 Å². The van der Waals surface area contributed by atoms with Crippen molar-refractivity contribution >= 4 is 12.3 Å². The monoisotopic (exact) mass is 143 g/mol. The van der Waals surface area contributed by atoms with Gasteiger partial charge in [0.15, 0.2) is 0 Å². The minimum Gasteiger partial charge on any atom is -0.465 e. The first-order chi connectivity index (χ1) is 4.66. The van der Waals surface area contributed by atoms with E-state index in [0.29, 0.717) is 12.5 Å². The van der Waals surface area contributed by atoms with Crippen molar-refractivity contribution in [1.29, 1.82) is 0 Å². The number of hydrogen-bond donors (Lipinski definition) is 0. The molecule has 0 fully saturated rings. The fourth-order valence-electron chi connectivity index (χ4n) is 0.370. The van der Waals surface area contributed by atoms with E-state index in [9.17, 15) is 9.59 Å². The van der Waals surface area contributed by atoms with Gasteiger partial charge in [0, 0.05) is 0 Å². The number of carbonyl (C=O) groups excluding carboxylic acids is 2. The molecule has 0 bridgehead atoms. The van der Waals surface area contributed by atoms with Crippen molar-refractivity contribution in [3.05, 3.63) is 0 Å². The lowest BCUT2D eigenvalue weighted by Gasteiger charge is -2.03. The van der Waals surface area contributed by atoms with Crippen LogP contribution >= 0.6 is 0 Å². The van der Waals surface area contributed by atoms with Crippen molar-refractivity contribution in [3.8, 4) is 0 Å². The zero-order valence-corrected chi connectivity index (χ0v) is 6.22. The first-order valence-electron chi connectivity index (χ1n) is 3.17. The molecule has 0 saturated heterocycles. The Hall–Kier alpha value is -0.860. The van der Waals surface area contributed by atoms with Crippen molar-refractivity contribution in [2.45, 2.75) is 20.3 Å². The number of esters is 1. The highest BCUT2D eigenvalue weighted by Gasteiger charge is 2.02. The van der Waals surface area contributed by atoms with E-state index >= 15 is 0 Å². The lowest BCUT2D eigenvalue weighted by molar-refractivity contribution is -0.143. The van der Waals surface area contributed by atoms with E-state index in [4.69, 9.17) is 0 Å². The van der Waals surface area contributed by atoms with E-state index in [1.807, 2.05) is 13.8 Å². The largest absolute Gasteiger partial charge is 0.465 e. The van der Waals surface area contributed by atoms with Crippen LogP contribution in [0.25, 0.3) is 0 Å². The predicted molar refractivity (Wildman–Crippen MR) is 36.1 cm³/mol. The summed E-state index contributed by atoms with van der Waals surface area (Å²) in [6, 6.07) is 0. The molecular formula is C7H11O3. The molecule has 1 radical (unpaired) electrons. The standard InChI is InChI=1S/C7H11O3/c1-6(2)5-10-7(9)3-4-8/h6H,3,5H2,1-2H3. The molecule has 0 spiro atoms. The van der Waals surface area contributed by atoms with Gasteiger partial charge in [0.2, 0.25) is 6.29 Å². The van der Waals surface area contributed by atoms with Crippen LogP contribution in [0.2, 0.25) is 0 Å². The van der Waals surface area contributed by atoms with Gasteiger partial charge in [-0.05, 0) is 5.92 Å². The number of hydrogen-bond acceptors (Lipinski definition) is 3. The molecule has 3 heteroatoms. The minimum absolute atomic E-state index is 0.257. The summed E-state index contributed by atoms with van der Waals surface area (Å²) in [6.45, 7) is 4.23. The zero-order valence-electron chi connectivity index (χ0n) is 6.22. The first kappa shape index (κ1) is 9.14. The molecule has 0 aliphatic rings. The molecule has 3 nitrogen and oxygen atoms in total. The van der Waals surface area contributed by atoms with Gasteiger partial charge in [-0.15, -0.1) is 0 Å². The Morgan fingerprint density at radius 1 is 1.60 bits per heavy atom. The molecule has 0 aliphatic heterocycles. The second-order valence-electron chi connectivity index (χ2n) is 2.40. The third-order valence-electron chi connectivity index (χ3n) is 0.794. The smallest absolute Gasteiger partial charge is 0.313 e. The fraction of sp³-hybridized carbons (Fsp3) is 0.714. The summed E-state index contributed by atoms with van der Waals surface area (Å²) in [5.41, 5.74) is 0. The summed E-state index contributed by atoms with van der Waals surface area (Å²) in [5.74, 6) is -0.181. The van der Waals surface area contributed by atoms with Crippen LogP contribution in [0.3, 0.4) is 0 Å². The Labute approximate surface area is 60.4 Å². The van der Waals surface area contributed by atoms with Crippen molar-refractivity contribution < 1.29 is 14.3 Å². The van der Waals surface area contributed by atoms with Crippen molar-refractivity contribution in [1.82, 2.24) is 0 Å². The Balaban J connectivity index is 3.30. The first-order valence-corrected chi connectivity index (χ1v) is 3.17. The predicted octanol–water partition coefficient (Wildman–Crippen LogP) is 0.685. The SMILES string of the molecule is CC(C)COC(=O)C[C]=O. The Bertz CT molecular complexity index is 118. The summed E-state index contributed by atoms with van der Waals surface area (Å²) in [7, 11) is 0. The summed E-state index contributed by atoms with van der Waals surface area (Å²) in [6.07, 6.45) is 1.21. The maximum Gasteiger partial charge on any atom is 0.313 e. The third-order valence-corrected chi connectivity index (χ3v) is 0.794. The molecule has 0 aliphatic carbocycles. The van der Waals surface area contributed by atoms with Gasteiger partial charge in [0.25, 0.3) is 0 Å². The molecule has 0 saturated carbocycles. The number of carbonyl (C=O) groups is 1. The van der Waals surface area contributed by atoms with Crippen LogP contribution in [-0.2, 0) is 14.3 Å². The second-order valence-corrected chi connectivity index (χ2v) is 2.40. The van der Waals surface area contributed by atoms with Gasteiger partial charge in [-0.3, -0.25) is 9.59 Å². The molecule has 0 aromatic rings. The van der Waals surface area contributed by atoms with Gasteiger partial charge >= 0.3 is 5.97 Å². The van der Waals surface area contributed by atoms with Gasteiger partial charge in [0.05, 0.1) is 6.61 Å². The topological polar surface area (TPSA) is 43.4 Å². The van der Waals surface area contributed by atoms with Gasteiger partial charge in [0.1, 0.15) is 6.42 Å². The molecule has 0 amide bonds. The molecule has 0 atom stereocenters. The minimum atomic E-state index is -0.497. The zero-order chi connectivity index (χ0) is 7.98. The van der Waals surface area contributed by atoms with E-state index in [-0.39, 0.29) is 6.42 Å². The van der Waals surface area contributed by atoms with Crippen LogP contribution in [0, 0.1) is 5.92 Å². The normalized spacial score (nSPS) is 9.50. The van der Waals surface area contributed by atoms with Crippen LogP contribution < -0.4 is 0 Å². The second kappa shape index (κ2) is 4.97. The summed E-state index contributed by atoms with van der Waals surface area (Å²) >= 11 is 0. The fourth-order valence-corrected chi connectivity index (χ4v) is 0.370. The molecule has 0 N–H and O–H groups in total. The number of ether oxygens (including phenoxy) is 1. The quantitative estimate of drug-likeness (QED) is 0.429. The summed E-state index contributed by atoms with van der Waals surface area (Å²) in [4.78, 5) is 20.1. The Kier molecular flexibility index (Phi) is 4.54. The van der Waals surface area contributed by atoms with Crippen LogP contribution in [-0.4, -0.2) is 18.9 Å². The molecule has 0 aromatic carbocycles. The average Bonchev–Trinajstić information content (AvgIpc) is 1.85. The highest BCUT2D eigenvalue weighted by atomic mass is 16.5. The van der Waals surface area contributed by atoms with Crippen molar-refractivity contribution in [2.24, 2.45) is 5.92 Å². The van der Waals surface area contributed by atoms with Crippen LogP contribution in [0.15, 0.2) is 0 Å². The Morgan fingerprint density at radius 2 is 2.20 bits per heavy atom. The number of rotatable bonds is 4. The van der Waals surface area contributed by atoms with Crippen LogP contribution in [0.5, 0.6) is 0 Å². The maximum atomic E-state index is 10.5. The van der Waals surface area contributed by atoms with Crippen molar-refractivity contribution in [2.75, 3.05) is 6.61 Å². The van der Waals surface area contributed by atoms with E-state index in [1.54, 1.807) is 0 Å². The maximum absolute atomic E-state index is 10.5. The highest BCUT2D eigenvalue weighted by molar-refractivity contribution is 5.83. The molecule has 0 aromatic heterocycles. The van der Waals surface area contributed by atoms with E-state index in [1.165, 1.54) is 6.29 Å². The van der Waals surface area contributed by atoms with Crippen LogP contribution in [0.4, 0.5) is 0 Å². The molecule has 57 valence electrons. The van der Waals surface area contributed by atoms with Crippen LogP contribution in [0.1, 0.15) is 20.3 Å². The van der Waals surface area contributed by atoms with E-state index in [0.717, 1.165) is 0 Å². The van der Waals surface area contributed by atoms with Gasteiger partial charge in [-0.1, -0.05) is 13.8 Å². The highest BCUT2D eigenvalue weighted by Crippen LogP contribution is 1.93.